The Morgan fingerprint density at radius 3 is 2.45 bits per heavy atom. The van der Waals surface area contributed by atoms with Crippen LogP contribution in [0.2, 0.25) is 0 Å². The normalized spacial score (nSPS) is 25.4. The highest BCUT2D eigenvalue weighted by Gasteiger charge is 2.37. The monoisotopic (exact) mass is 322 g/mol. The zero-order valence-corrected chi connectivity index (χ0v) is 12.7. The Hall–Kier alpha value is -0.960. The van der Waals surface area contributed by atoms with Gasteiger partial charge >= 0.3 is 12.0 Å². The predicted molar refractivity (Wildman–Crippen MR) is 75.7 cm³/mol. The highest BCUT2D eigenvalue weighted by molar-refractivity contribution is 7.99. The van der Waals surface area contributed by atoms with Gasteiger partial charge in [-0.2, -0.15) is 11.8 Å². The molecule has 0 aromatic carbocycles. The second-order valence-electron chi connectivity index (χ2n) is 4.96. The van der Waals surface area contributed by atoms with Crippen molar-refractivity contribution in [3.63, 3.8) is 0 Å². The molecular weight excluding hydrogens is 304 g/mol. The minimum absolute atomic E-state index is 0.0247. The summed E-state index contributed by atoms with van der Waals surface area (Å²) in [5, 5.41) is 8.96. The number of aliphatic carboxylic acids is 1. The van der Waals surface area contributed by atoms with Gasteiger partial charge in [-0.3, -0.25) is 4.79 Å². The van der Waals surface area contributed by atoms with Crippen molar-refractivity contribution in [1.29, 1.82) is 0 Å². The number of amides is 2. The van der Waals surface area contributed by atoms with Crippen LogP contribution in [0.5, 0.6) is 0 Å². The molecule has 2 amide bonds. The molecule has 2 saturated heterocycles. The zero-order chi connectivity index (χ0) is 14.8. The molecule has 114 valence electrons. The second kappa shape index (κ2) is 6.21. The van der Waals surface area contributed by atoms with E-state index in [1.165, 1.54) is 4.90 Å². The molecule has 20 heavy (non-hydrogen) atoms. The van der Waals surface area contributed by atoms with Gasteiger partial charge in [-0.05, 0) is 6.42 Å². The van der Waals surface area contributed by atoms with Gasteiger partial charge in [0.05, 0.1) is 11.5 Å². The summed E-state index contributed by atoms with van der Waals surface area (Å²) in [6.45, 7) is 0.723. The number of thioether (sulfide) groups is 1. The summed E-state index contributed by atoms with van der Waals surface area (Å²) in [7, 11) is -3.15. The minimum atomic E-state index is -3.15. The number of carboxylic acids is 1. The SMILES string of the molecule is O=C(O)CN(C(=O)N1CCSCC1)C1CCS(=O)(=O)C1. The van der Waals surface area contributed by atoms with Crippen LogP contribution in [0, 0.1) is 0 Å². The maximum atomic E-state index is 12.4. The van der Waals surface area contributed by atoms with Crippen LogP contribution in [0.1, 0.15) is 6.42 Å². The van der Waals surface area contributed by atoms with Crippen molar-refractivity contribution in [2.45, 2.75) is 12.5 Å². The lowest BCUT2D eigenvalue weighted by molar-refractivity contribution is -0.138. The average molecular weight is 322 g/mol. The van der Waals surface area contributed by atoms with Crippen molar-refractivity contribution >= 4 is 33.6 Å². The van der Waals surface area contributed by atoms with Gasteiger partial charge in [0.25, 0.3) is 0 Å². The molecule has 0 aromatic heterocycles. The van der Waals surface area contributed by atoms with Crippen molar-refractivity contribution in [3.8, 4) is 0 Å². The number of hydrogen-bond donors (Lipinski definition) is 1. The summed E-state index contributed by atoms with van der Waals surface area (Å²) >= 11 is 1.75. The van der Waals surface area contributed by atoms with Crippen LogP contribution in [0.25, 0.3) is 0 Å². The van der Waals surface area contributed by atoms with Crippen molar-refractivity contribution in [3.05, 3.63) is 0 Å². The highest BCUT2D eigenvalue weighted by Crippen LogP contribution is 2.20. The van der Waals surface area contributed by atoms with E-state index >= 15 is 0 Å². The Bertz CT molecular complexity index is 487. The molecule has 1 N–H and O–H groups in total. The Balaban J connectivity index is 2.10. The molecule has 0 aliphatic carbocycles. The molecule has 0 bridgehead atoms. The van der Waals surface area contributed by atoms with Crippen LogP contribution >= 0.6 is 11.8 Å². The van der Waals surface area contributed by atoms with E-state index in [2.05, 4.69) is 0 Å². The largest absolute Gasteiger partial charge is 0.480 e. The fraction of sp³-hybridized carbons (Fsp3) is 0.818. The maximum Gasteiger partial charge on any atom is 0.323 e. The third-order valence-corrected chi connectivity index (χ3v) is 6.17. The van der Waals surface area contributed by atoms with Crippen LogP contribution in [0.4, 0.5) is 4.79 Å². The molecule has 0 saturated carbocycles. The molecule has 7 nitrogen and oxygen atoms in total. The van der Waals surface area contributed by atoms with Crippen LogP contribution in [0.15, 0.2) is 0 Å². The van der Waals surface area contributed by atoms with Crippen LogP contribution in [0.3, 0.4) is 0 Å². The molecule has 9 heteroatoms. The Morgan fingerprint density at radius 1 is 1.30 bits per heavy atom. The van der Waals surface area contributed by atoms with E-state index in [0.717, 1.165) is 11.5 Å². The third kappa shape index (κ3) is 3.78. The number of urea groups is 1. The summed E-state index contributed by atoms with van der Waals surface area (Å²) in [4.78, 5) is 26.2. The Labute approximate surface area is 122 Å². The summed E-state index contributed by atoms with van der Waals surface area (Å²) < 4.78 is 23.1. The Kier molecular flexibility index (Phi) is 4.79. The van der Waals surface area contributed by atoms with Crippen molar-refractivity contribution in [2.24, 2.45) is 0 Å². The molecule has 1 unspecified atom stereocenters. The first-order chi connectivity index (χ1) is 9.39. The smallest absolute Gasteiger partial charge is 0.323 e. The van der Waals surface area contributed by atoms with E-state index in [1.807, 2.05) is 0 Å². The van der Waals surface area contributed by atoms with E-state index < -0.39 is 28.4 Å². The van der Waals surface area contributed by atoms with Crippen molar-refractivity contribution < 1.29 is 23.1 Å². The number of carbonyl (C=O) groups excluding carboxylic acids is 1. The second-order valence-corrected chi connectivity index (χ2v) is 8.41. The number of rotatable bonds is 3. The average Bonchev–Trinajstić information content (AvgIpc) is 2.76. The summed E-state index contributed by atoms with van der Waals surface area (Å²) in [6.07, 6.45) is 0.323. The molecule has 1 atom stereocenters. The van der Waals surface area contributed by atoms with Crippen LogP contribution in [-0.4, -0.2) is 84.0 Å². The van der Waals surface area contributed by atoms with Crippen LogP contribution in [-0.2, 0) is 14.6 Å². The van der Waals surface area contributed by atoms with E-state index in [0.29, 0.717) is 19.5 Å². The lowest BCUT2D eigenvalue weighted by Crippen LogP contribution is -2.52. The molecule has 2 heterocycles. The number of carbonyl (C=O) groups is 2. The van der Waals surface area contributed by atoms with Gasteiger partial charge in [0, 0.05) is 30.6 Å². The van der Waals surface area contributed by atoms with Gasteiger partial charge in [0.1, 0.15) is 6.54 Å². The number of carboxylic acid groups (broad SMARTS) is 1. The first-order valence-electron chi connectivity index (χ1n) is 6.44. The fourth-order valence-electron chi connectivity index (χ4n) is 2.46. The lowest BCUT2D eigenvalue weighted by Gasteiger charge is -2.34. The topological polar surface area (TPSA) is 95.0 Å². The van der Waals surface area contributed by atoms with E-state index in [9.17, 15) is 18.0 Å². The van der Waals surface area contributed by atoms with Crippen molar-refractivity contribution in [1.82, 2.24) is 9.80 Å². The van der Waals surface area contributed by atoms with E-state index in [1.54, 1.807) is 16.7 Å². The van der Waals surface area contributed by atoms with Crippen LogP contribution < -0.4 is 0 Å². The molecule has 2 rings (SSSR count). The lowest BCUT2D eigenvalue weighted by atomic mass is 10.2. The van der Waals surface area contributed by atoms with Gasteiger partial charge in [-0.25, -0.2) is 13.2 Å². The molecule has 0 spiro atoms. The highest BCUT2D eigenvalue weighted by atomic mass is 32.2. The fourth-order valence-corrected chi connectivity index (χ4v) is 5.09. The molecule has 0 aromatic rings. The third-order valence-electron chi connectivity index (χ3n) is 3.48. The van der Waals surface area contributed by atoms with Gasteiger partial charge in [0.15, 0.2) is 9.84 Å². The molecule has 2 aliphatic rings. The molecule has 2 fully saturated rings. The maximum absolute atomic E-state index is 12.4. The van der Waals surface area contributed by atoms with Gasteiger partial charge < -0.3 is 14.9 Å². The molecular formula is C11H18N2O5S2. The number of sulfone groups is 1. The van der Waals surface area contributed by atoms with E-state index in [4.69, 9.17) is 5.11 Å². The first kappa shape index (κ1) is 15.4. The van der Waals surface area contributed by atoms with E-state index in [-0.39, 0.29) is 17.5 Å². The predicted octanol–water partition coefficient (Wildman–Crippen LogP) is -0.271. The molecule has 2 aliphatic heterocycles. The minimum Gasteiger partial charge on any atom is -0.480 e. The quantitative estimate of drug-likeness (QED) is 0.768. The summed E-state index contributed by atoms with van der Waals surface area (Å²) in [5.41, 5.74) is 0. The molecule has 0 radical (unpaired) electrons. The summed E-state index contributed by atoms with van der Waals surface area (Å²) in [5.74, 6) is 0.436. The number of hydrogen-bond acceptors (Lipinski definition) is 5. The Morgan fingerprint density at radius 2 is 1.95 bits per heavy atom. The van der Waals surface area contributed by atoms with Gasteiger partial charge in [0.2, 0.25) is 0 Å². The van der Waals surface area contributed by atoms with Gasteiger partial charge in [-0.1, -0.05) is 0 Å². The first-order valence-corrected chi connectivity index (χ1v) is 9.42. The zero-order valence-electron chi connectivity index (χ0n) is 11.0. The summed E-state index contributed by atoms with van der Waals surface area (Å²) in [6, 6.07) is -0.868. The van der Waals surface area contributed by atoms with Gasteiger partial charge in [-0.15, -0.1) is 0 Å². The standard InChI is InChI=1S/C11H18N2O5S2/c14-10(15)7-13(9-1-6-20(17,18)8-9)11(16)12-2-4-19-5-3-12/h9H,1-8H2,(H,14,15). The number of nitrogens with zero attached hydrogens (tertiary/aromatic N) is 2. The van der Waals surface area contributed by atoms with Crippen molar-refractivity contribution in [2.75, 3.05) is 42.6 Å².